The molecule has 0 aromatic rings. The van der Waals surface area contributed by atoms with E-state index in [1.54, 1.807) is 6.92 Å². The van der Waals surface area contributed by atoms with Crippen LogP contribution in [0, 0.1) is 0 Å². The molecule has 0 aromatic carbocycles. The molecule has 0 aromatic heterocycles. The molecule has 1 aliphatic rings. The van der Waals surface area contributed by atoms with Crippen LogP contribution in [0.25, 0.3) is 0 Å². The van der Waals surface area contributed by atoms with Gasteiger partial charge in [0, 0.05) is 24.7 Å². The molecule has 0 unspecified atom stereocenters. The van der Waals surface area contributed by atoms with Crippen molar-refractivity contribution in [3.8, 4) is 0 Å². The van der Waals surface area contributed by atoms with E-state index in [1.807, 2.05) is 0 Å². The lowest BCUT2D eigenvalue weighted by molar-refractivity contribution is 0.0153. The van der Waals surface area contributed by atoms with E-state index in [0.717, 1.165) is 38.9 Å². The highest BCUT2D eigenvalue weighted by Crippen LogP contribution is 2.14. The Kier molecular flexibility index (Phi) is 7.53. The van der Waals surface area contributed by atoms with Crippen molar-refractivity contribution in [2.75, 3.05) is 43.6 Å². The zero-order valence-corrected chi connectivity index (χ0v) is 12.7. The quantitative estimate of drug-likeness (QED) is 0.638. The summed E-state index contributed by atoms with van der Waals surface area (Å²) in [5, 5.41) is 0. The van der Waals surface area contributed by atoms with E-state index < -0.39 is 9.84 Å². The first-order valence-electron chi connectivity index (χ1n) is 6.67. The molecule has 0 spiro atoms. The number of hydrogen-bond acceptors (Lipinski definition) is 4. The maximum atomic E-state index is 11.4. The van der Waals surface area contributed by atoms with E-state index in [4.69, 9.17) is 16.3 Å². The van der Waals surface area contributed by atoms with Crippen LogP contribution < -0.4 is 0 Å². The molecule has 0 saturated carbocycles. The molecule has 6 heteroatoms. The van der Waals surface area contributed by atoms with Crippen LogP contribution in [0.4, 0.5) is 0 Å². The van der Waals surface area contributed by atoms with Crippen molar-refractivity contribution in [1.29, 1.82) is 0 Å². The van der Waals surface area contributed by atoms with Gasteiger partial charge in [0.15, 0.2) is 0 Å². The number of sulfone groups is 1. The van der Waals surface area contributed by atoms with Gasteiger partial charge in [-0.15, -0.1) is 11.6 Å². The number of ether oxygens (including phenoxy) is 1. The summed E-state index contributed by atoms with van der Waals surface area (Å²) < 4.78 is 28.3. The molecule has 0 aliphatic carbocycles. The second kappa shape index (κ2) is 8.35. The summed E-state index contributed by atoms with van der Waals surface area (Å²) >= 11 is 5.58. The van der Waals surface area contributed by atoms with Crippen molar-refractivity contribution < 1.29 is 13.2 Å². The van der Waals surface area contributed by atoms with Gasteiger partial charge in [-0.25, -0.2) is 8.42 Å². The monoisotopic (exact) mass is 297 g/mol. The van der Waals surface area contributed by atoms with Gasteiger partial charge in [0.25, 0.3) is 0 Å². The Morgan fingerprint density at radius 2 is 2.00 bits per heavy atom. The molecule has 1 fully saturated rings. The summed E-state index contributed by atoms with van der Waals surface area (Å²) in [6.45, 7) is 5.20. The van der Waals surface area contributed by atoms with Crippen LogP contribution >= 0.6 is 11.6 Å². The topological polar surface area (TPSA) is 46.6 Å². The second-order valence-electron chi connectivity index (χ2n) is 4.69. The van der Waals surface area contributed by atoms with Crippen molar-refractivity contribution in [2.24, 2.45) is 0 Å². The molecule has 0 atom stereocenters. The minimum absolute atomic E-state index is 0.251. The van der Waals surface area contributed by atoms with E-state index >= 15 is 0 Å². The number of alkyl halides is 1. The molecule has 1 rings (SSSR count). The third-order valence-corrected chi connectivity index (χ3v) is 5.28. The maximum Gasteiger partial charge on any atom is 0.150 e. The summed E-state index contributed by atoms with van der Waals surface area (Å²) in [4.78, 5) is 2.33. The summed E-state index contributed by atoms with van der Waals surface area (Å²) in [5.74, 6) is 1.11. The largest absolute Gasteiger partial charge is 0.377 e. The predicted molar refractivity (Wildman–Crippen MR) is 75.1 cm³/mol. The molecule has 4 nitrogen and oxygen atoms in total. The second-order valence-corrected chi connectivity index (χ2v) is 7.54. The van der Waals surface area contributed by atoms with E-state index in [9.17, 15) is 8.42 Å². The molecule has 1 saturated heterocycles. The highest BCUT2D eigenvalue weighted by molar-refractivity contribution is 7.91. The molecule has 108 valence electrons. The molecule has 0 bridgehead atoms. The molecule has 18 heavy (non-hydrogen) atoms. The van der Waals surface area contributed by atoms with Gasteiger partial charge in [0.1, 0.15) is 9.84 Å². The van der Waals surface area contributed by atoms with Gasteiger partial charge >= 0.3 is 0 Å². The van der Waals surface area contributed by atoms with Crippen molar-refractivity contribution in [2.45, 2.75) is 32.3 Å². The Labute approximate surface area is 116 Å². The Bertz CT molecular complexity index is 313. The first kappa shape index (κ1) is 16.2. The molecular weight excluding hydrogens is 274 g/mol. The molecule has 1 aliphatic heterocycles. The number of hydrogen-bond donors (Lipinski definition) is 0. The highest BCUT2D eigenvalue weighted by Gasteiger charge is 2.19. The lowest BCUT2D eigenvalue weighted by Gasteiger charge is -2.31. The maximum absolute atomic E-state index is 11.4. The first-order valence-corrected chi connectivity index (χ1v) is 9.03. The van der Waals surface area contributed by atoms with Crippen molar-refractivity contribution in [3.63, 3.8) is 0 Å². The van der Waals surface area contributed by atoms with E-state index in [2.05, 4.69) is 4.90 Å². The molecular formula is C12H24ClNO3S. The first-order chi connectivity index (χ1) is 8.57. The summed E-state index contributed by atoms with van der Waals surface area (Å²) in [6.07, 6.45) is 3.12. The molecule has 0 radical (unpaired) electrons. The smallest absolute Gasteiger partial charge is 0.150 e. The van der Waals surface area contributed by atoms with Gasteiger partial charge in [-0.05, 0) is 25.8 Å². The highest BCUT2D eigenvalue weighted by atomic mass is 35.5. The average molecular weight is 298 g/mol. The fourth-order valence-corrected chi connectivity index (χ4v) is 3.11. The van der Waals surface area contributed by atoms with Gasteiger partial charge < -0.3 is 9.64 Å². The van der Waals surface area contributed by atoms with Gasteiger partial charge in [-0.3, -0.25) is 0 Å². The zero-order valence-electron chi connectivity index (χ0n) is 11.1. The Morgan fingerprint density at radius 3 is 2.56 bits per heavy atom. The number of halogens is 1. The Morgan fingerprint density at radius 1 is 1.33 bits per heavy atom. The summed E-state index contributed by atoms with van der Waals surface area (Å²) in [7, 11) is -2.81. The van der Waals surface area contributed by atoms with Crippen LogP contribution in [0.3, 0.4) is 0 Å². The van der Waals surface area contributed by atoms with Gasteiger partial charge in [0.2, 0.25) is 0 Å². The SMILES string of the molecule is CCS(=O)(=O)CCCN1CCC(OCCCl)CC1. The normalized spacial score (nSPS) is 19.2. The Hall–Kier alpha value is 0.160. The number of likely N-dealkylation sites (tertiary alicyclic amines) is 1. The fraction of sp³-hybridized carbons (Fsp3) is 1.00. The lowest BCUT2D eigenvalue weighted by Crippen LogP contribution is -2.38. The number of rotatable bonds is 8. The van der Waals surface area contributed by atoms with Crippen LogP contribution in [0.15, 0.2) is 0 Å². The Balaban J connectivity index is 2.12. The molecule has 0 N–H and O–H groups in total. The van der Waals surface area contributed by atoms with Crippen LogP contribution in [0.5, 0.6) is 0 Å². The van der Waals surface area contributed by atoms with Gasteiger partial charge in [-0.2, -0.15) is 0 Å². The van der Waals surface area contributed by atoms with Crippen molar-refractivity contribution >= 4 is 21.4 Å². The van der Waals surface area contributed by atoms with Crippen LogP contribution in [-0.2, 0) is 14.6 Å². The van der Waals surface area contributed by atoms with Crippen molar-refractivity contribution in [1.82, 2.24) is 4.90 Å². The zero-order chi connectivity index (χ0) is 13.4. The summed E-state index contributed by atoms with van der Waals surface area (Å²) in [6, 6.07) is 0. The minimum Gasteiger partial charge on any atom is -0.377 e. The standard InChI is InChI=1S/C12H24ClNO3S/c1-2-18(15,16)11-3-7-14-8-4-12(5-9-14)17-10-6-13/h12H,2-11H2,1H3. The van der Waals surface area contributed by atoms with E-state index in [-0.39, 0.29) is 5.75 Å². The predicted octanol–water partition coefficient (Wildman–Crippen LogP) is 1.53. The van der Waals surface area contributed by atoms with Crippen LogP contribution in [0.1, 0.15) is 26.2 Å². The van der Waals surface area contributed by atoms with E-state index in [1.165, 1.54) is 0 Å². The van der Waals surface area contributed by atoms with Crippen LogP contribution in [-0.4, -0.2) is 63.0 Å². The van der Waals surface area contributed by atoms with Crippen molar-refractivity contribution in [3.05, 3.63) is 0 Å². The molecule has 0 amide bonds. The fourth-order valence-electron chi connectivity index (χ4n) is 2.16. The lowest BCUT2D eigenvalue weighted by atomic mass is 10.1. The number of piperidine rings is 1. The third kappa shape index (κ3) is 6.36. The van der Waals surface area contributed by atoms with Gasteiger partial charge in [-0.1, -0.05) is 6.92 Å². The molecule has 1 heterocycles. The van der Waals surface area contributed by atoms with Gasteiger partial charge in [0.05, 0.1) is 18.5 Å². The van der Waals surface area contributed by atoms with Crippen LogP contribution in [0.2, 0.25) is 0 Å². The minimum atomic E-state index is -2.81. The average Bonchev–Trinajstić information content (AvgIpc) is 2.38. The third-order valence-electron chi connectivity index (χ3n) is 3.33. The summed E-state index contributed by atoms with van der Waals surface area (Å²) in [5.41, 5.74) is 0. The number of nitrogens with zero attached hydrogens (tertiary/aromatic N) is 1. The van der Waals surface area contributed by atoms with E-state index in [0.29, 0.717) is 24.3 Å².